The molecule has 19 heavy (non-hydrogen) atoms. The van der Waals surface area contributed by atoms with E-state index in [-0.39, 0.29) is 5.91 Å². The molecule has 0 saturated carbocycles. The van der Waals surface area contributed by atoms with Gasteiger partial charge < -0.3 is 10.6 Å². The molecule has 1 aromatic carbocycles. The van der Waals surface area contributed by atoms with Gasteiger partial charge in [0.15, 0.2) is 0 Å². The number of rotatable bonds is 6. The summed E-state index contributed by atoms with van der Waals surface area (Å²) in [5.41, 5.74) is 3.42. The van der Waals surface area contributed by atoms with Crippen molar-refractivity contribution in [1.29, 1.82) is 0 Å². The predicted octanol–water partition coefficient (Wildman–Crippen LogP) is 3.27. The molecule has 3 nitrogen and oxygen atoms in total. The molecule has 3 heteroatoms. The summed E-state index contributed by atoms with van der Waals surface area (Å²) < 4.78 is 0. The van der Waals surface area contributed by atoms with Gasteiger partial charge in [0, 0.05) is 11.7 Å². The van der Waals surface area contributed by atoms with Gasteiger partial charge in [0.25, 0.3) is 0 Å². The SMILES string of the molecule is CCCC(C)C(NCC)c1ccc2c(c1)CC(=O)N2. The maximum atomic E-state index is 11.4. The third-order valence-electron chi connectivity index (χ3n) is 3.85. The Balaban J connectivity index is 2.22. The number of anilines is 1. The molecule has 0 radical (unpaired) electrons. The van der Waals surface area contributed by atoms with E-state index in [1.165, 1.54) is 18.4 Å². The van der Waals surface area contributed by atoms with Crippen molar-refractivity contribution in [3.05, 3.63) is 29.3 Å². The van der Waals surface area contributed by atoms with Crippen molar-refractivity contribution in [3.8, 4) is 0 Å². The summed E-state index contributed by atoms with van der Waals surface area (Å²) in [6.45, 7) is 7.63. The second-order valence-electron chi connectivity index (χ2n) is 5.44. The van der Waals surface area contributed by atoms with Gasteiger partial charge in [-0.05, 0) is 36.1 Å². The van der Waals surface area contributed by atoms with Crippen LogP contribution in [0.1, 0.15) is 50.8 Å². The third kappa shape index (κ3) is 3.16. The van der Waals surface area contributed by atoms with Gasteiger partial charge in [0.2, 0.25) is 5.91 Å². The molecular weight excluding hydrogens is 236 g/mol. The lowest BCUT2D eigenvalue weighted by Gasteiger charge is -2.25. The number of hydrogen-bond donors (Lipinski definition) is 2. The first-order valence-electron chi connectivity index (χ1n) is 7.31. The Morgan fingerprint density at radius 1 is 1.37 bits per heavy atom. The van der Waals surface area contributed by atoms with E-state index in [0.29, 0.717) is 18.4 Å². The van der Waals surface area contributed by atoms with Crippen LogP contribution in [-0.4, -0.2) is 12.5 Å². The largest absolute Gasteiger partial charge is 0.326 e. The van der Waals surface area contributed by atoms with Crippen LogP contribution in [-0.2, 0) is 11.2 Å². The van der Waals surface area contributed by atoms with Crippen LogP contribution in [0.5, 0.6) is 0 Å². The van der Waals surface area contributed by atoms with Crippen molar-refractivity contribution >= 4 is 11.6 Å². The highest BCUT2D eigenvalue weighted by Crippen LogP contribution is 2.30. The molecular formula is C16H24N2O. The van der Waals surface area contributed by atoms with Crippen LogP contribution in [0.2, 0.25) is 0 Å². The van der Waals surface area contributed by atoms with Gasteiger partial charge in [0.05, 0.1) is 6.42 Å². The molecule has 0 spiro atoms. The molecule has 1 amide bonds. The number of nitrogens with one attached hydrogen (secondary N) is 2. The number of carbonyl (C=O) groups is 1. The normalized spacial score (nSPS) is 16.9. The summed E-state index contributed by atoms with van der Waals surface area (Å²) in [4.78, 5) is 11.4. The summed E-state index contributed by atoms with van der Waals surface area (Å²) in [7, 11) is 0. The van der Waals surface area contributed by atoms with Crippen LogP contribution in [0.15, 0.2) is 18.2 Å². The Morgan fingerprint density at radius 3 is 2.84 bits per heavy atom. The lowest BCUT2D eigenvalue weighted by atomic mass is 9.90. The maximum absolute atomic E-state index is 11.4. The van der Waals surface area contributed by atoms with Crippen molar-refractivity contribution in [3.63, 3.8) is 0 Å². The maximum Gasteiger partial charge on any atom is 0.228 e. The molecule has 1 heterocycles. The van der Waals surface area contributed by atoms with E-state index in [1.54, 1.807) is 0 Å². The second-order valence-corrected chi connectivity index (χ2v) is 5.44. The average Bonchev–Trinajstić information content (AvgIpc) is 2.75. The van der Waals surface area contributed by atoms with E-state index in [0.717, 1.165) is 17.8 Å². The number of amides is 1. The summed E-state index contributed by atoms with van der Waals surface area (Å²) in [5.74, 6) is 0.710. The van der Waals surface area contributed by atoms with Crippen molar-refractivity contribution in [2.75, 3.05) is 11.9 Å². The minimum absolute atomic E-state index is 0.105. The summed E-state index contributed by atoms with van der Waals surface area (Å²) in [5, 5.41) is 6.47. The van der Waals surface area contributed by atoms with Gasteiger partial charge in [0.1, 0.15) is 0 Å². The van der Waals surface area contributed by atoms with Gasteiger partial charge in [-0.1, -0.05) is 39.3 Å². The Morgan fingerprint density at radius 2 is 2.16 bits per heavy atom. The van der Waals surface area contributed by atoms with Gasteiger partial charge in [-0.25, -0.2) is 0 Å². The van der Waals surface area contributed by atoms with E-state index in [1.807, 2.05) is 6.07 Å². The zero-order valence-corrected chi connectivity index (χ0v) is 12.1. The van der Waals surface area contributed by atoms with Gasteiger partial charge >= 0.3 is 0 Å². The highest BCUT2D eigenvalue weighted by molar-refractivity contribution is 5.99. The minimum atomic E-state index is 0.105. The zero-order chi connectivity index (χ0) is 13.8. The summed E-state index contributed by atoms with van der Waals surface area (Å²) in [6, 6.07) is 6.75. The number of carbonyl (C=O) groups excluding carboxylic acids is 1. The fraction of sp³-hybridized carbons (Fsp3) is 0.562. The van der Waals surface area contributed by atoms with E-state index >= 15 is 0 Å². The van der Waals surface area contributed by atoms with E-state index in [2.05, 4.69) is 43.5 Å². The lowest BCUT2D eigenvalue weighted by Crippen LogP contribution is -2.26. The first-order chi connectivity index (χ1) is 9.15. The summed E-state index contributed by atoms with van der Waals surface area (Å²) in [6.07, 6.45) is 2.93. The minimum Gasteiger partial charge on any atom is -0.326 e. The van der Waals surface area contributed by atoms with Crippen molar-refractivity contribution in [2.24, 2.45) is 5.92 Å². The average molecular weight is 260 g/mol. The molecule has 0 aliphatic carbocycles. The van der Waals surface area contributed by atoms with Gasteiger partial charge in [-0.2, -0.15) is 0 Å². The molecule has 0 fully saturated rings. The first-order valence-corrected chi connectivity index (χ1v) is 7.31. The zero-order valence-electron chi connectivity index (χ0n) is 12.1. The van der Waals surface area contributed by atoms with E-state index < -0.39 is 0 Å². The fourth-order valence-corrected chi connectivity index (χ4v) is 2.93. The van der Waals surface area contributed by atoms with Gasteiger partial charge in [-0.3, -0.25) is 4.79 Å². The van der Waals surface area contributed by atoms with Crippen molar-refractivity contribution < 1.29 is 4.79 Å². The highest BCUT2D eigenvalue weighted by Gasteiger charge is 2.22. The van der Waals surface area contributed by atoms with Gasteiger partial charge in [-0.15, -0.1) is 0 Å². The second kappa shape index (κ2) is 6.20. The molecule has 104 valence electrons. The number of benzene rings is 1. The fourth-order valence-electron chi connectivity index (χ4n) is 2.93. The van der Waals surface area contributed by atoms with Crippen molar-refractivity contribution in [1.82, 2.24) is 5.32 Å². The van der Waals surface area contributed by atoms with Crippen LogP contribution in [0.4, 0.5) is 5.69 Å². The summed E-state index contributed by atoms with van der Waals surface area (Å²) >= 11 is 0. The topological polar surface area (TPSA) is 41.1 Å². The van der Waals surface area contributed by atoms with Crippen LogP contribution < -0.4 is 10.6 Å². The quantitative estimate of drug-likeness (QED) is 0.824. The molecule has 1 aromatic rings. The van der Waals surface area contributed by atoms with Crippen LogP contribution in [0.3, 0.4) is 0 Å². The highest BCUT2D eigenvalue weighted by atomic mass is 16.1. The van der Waals surface area contributed by atoms with E-state index in [4.69, 9.17) is 0 Å². The predicted molar refractivity (Wildman–Crippen MR) is 79.3 cm³/mol. The first kappa shape index (κ1) is 14.1. The Bertz CT molecular complexity index is 456. The van der Waals surface area contributed by atoms with Crippen molar-refractivity contribution in [2.45, 2.75) is 46.1 Å². The molecule has 0 aromatic heterocycles. The van der Waals surface area contributed by atoms with Crippen LogP contribution >= 0.6 is 0 Å². The molecule has 2 N–H and O–H groups in total. The molecule has 2 rings (SSSR count). The molecule has 1 aliphatic heterocycles. The molecule has 0 bridgehead atoms. The number of hydrogen-bond acceptors (Lipinski definition) is 2. The van der Waals surface area contributed by atoms with Crippen LogP contribution in [0.25, 0.3) is 0 Å². The standard InChI is InChI=1S/C16H24N2O/c1-4-6-11(3)16(17-5-2)12-7-8-14-13(9-12)10-15(19)18-14/h7-9,11,16-17H,4-6,10H2,1-3H3,(H,18,19). The molecule has 2 atom stereocenters. The Labute approximate surface area is 115 Å². The Kier molecular flexibility index (Phi) is 4.59. The Hall–Kier alpha value is -1.35. The van der Waals surface area contributed by atoms with Crippen LogP contribution in [0, 0.1) is 5.92 Å². The molecule has 2 unspecified atom stereocenters. The lowest BCUT2D eigenvalue weighted by molar-refractivity contribution is -0.115. The molecule has 0 saturated heterocycles. The van der Waals surface area contributed by atoms with E-state index in [9.17, 15) is 4.79 Å². The number of fused-ring (bicyclic) bond motifs is 1. The third-order valence-corrected chi connectivity index (χ3v) is 3.85. The monoisotopic (exact) mass is 260 g/mol. The molecule has 1 aliphatic rings. The smallest absolute Gasteiger partial charge is 0.228 e.